The van der Waals surface area contributed by atoms with Crippen LogP contribution in [0.4, 0.5) is 0 Å². The van der Waals surface area contributed by atoms with Crippen molar-refractivity contribution in [2.75, 3.05) is 0 Å². The van der Waals surface area contributed by atoms with Crippen molar-refractivity contribution in [2.24, 2.45) is 0 Å². The smallest absolute Gasteiger partial charge is 0.0794 e. The van der Waals surface area contributed by atoms with Gasteiger partial charge in [-0.3, -0.25) is 0 Å². The summed E-state index contributed by atoms with van der Waals surface area (Å²) < 4.78 is 0. The van der Waals surface area contributed by atoms with Crippen LogP contribution in [-0.4, -0.2) is 9.97 Å². The summed E-state index contributed by atoms with van der Waals surface area (Å²) in [5.74, 6) is 0. The molecule has 0 N–H and O–H groups in total. The van der Waals surface area contributed by atoms with Crippen LogP contribution in [0.15, 0.2) is 267 Å². The second-order valence-corrected chi connectivity index (χ2v) is 19.6. The normalized spacial score (nSPS) is 11.8. The van der Waals surface area contributed by atoms with Crippen LogP contribution in [0.1, 0.15) is 0 Å². The van der Waals surface area contributed by atoms with Crippen molar-refractivity contribution >= 4 is 86.3 Å². The van der Waals surface area contributed by atoms with Gasteiger partial charge in [0.2, 0.25) is 0 Å². The Morgan fingerprint density at radius 2 is 0.486 bits per heavy atom. The molecule has 0 fully saturated rings. The molecule has 342 valence electrons. The second-order valence-electron chi connectivity index (χ2n) is 19.6. The number of pyridine rings is 2. The summed E-state index contributed by atoms with van der Waals surface area (Å²) in [4.78, 5) is 10.9. The van der Waals surface area contributed by atoms with Gasteiger partial charge in [-0.25, -0.2) is 9.97 Å². The van der Waals surface area contributed by atoms with E-state index >= 15 is 0 Å². The summed E-state index contributed by atoms with van der Waals surface area (Å²) in [5.41, 5.74) is 13.9. The van der Waals surface area contributed by atoms with Gasteiger partial charge in [0.25, 0.3) is 0 Å². The van der Waals surface area contributed by atoms with Crippen LogP contribution in [0, 0.1) is 0 Å². The zero-order valence-electron chi connectivity index (χ0n) is 40.3. The molecule has 0 spiro atoms. The fraction of sp³-hybridized carbons (Fsp3) is 0. The summed E-state index contributed by atoms with van der Waals surface area (Å²) in [6, 6.07) is 97.3. The molecule has 74 heavy (non-hydrogen) atoms. The van der Waals surface area contributed by atoms with Gasteiger partial charge in [-0.05, 0) is 140 Å². The molecule has 15 rings (SSSR count). The van der Waals surface area contributed by atoms with Gasteiger partial charge in [0.1, 0.15) is 0 Å². The number of hydrogen-bond acceptors (Lipinski definition) is 2. The number of nitrogens with zero attached hydrogens (tertiary/aromatic N) is 2. The largest absolute Gasteiger partial charge is 0.248 e. The van der Waals surface area contributed by atoms with Gasteiger partial charge in [0, 0.05) is 27.5 Å². The van der Waals surface area contributed by atoms with Crippen molar-refractivity contribution in [1.82, 2.24) is 9.97 Å². The SMILES string of the molecule is c1ccc(-c2cc(-c3ccccc3)nc(-c3ccc(-c4cc(-c5ccc6c7ccccc7c7ccccc7c6c5)c5cc(-c6ccc7c8ccccc8c8ccccc8c7c6)c6ccccc6c5n4)cc3)c2)cc1. The molecule has 0 saturated heterocycles. The molecule has 2 heterocycles. The van der Waals surface area contributed by atoms with E-state index in [1.165, 1.54) is 81.1 Å². The van der Waals surface area contributed by atoms with Crippen LogP contribution < -0.4 is 0 Å². The summed E-state index contributed by atoms with van der Waals surface area (Å²) >= 11 is 0. The van der Waals surface area contributed by atoms with E-state index in [0.717, 1.165) is 72.3 Å². The Balaban J connectivity index is 0.957. The monoisotopic (exact) mass is 936 g/mol. The van der Waals surface area contributed by atoms with Gasteiger partial charge >= 0.3 is 0 Å². The third-order valence-corrected chi connectivity index (χ3v) is 15.4. The Morgan fingerprint density at radius 3 is 0.946 bits per heavy atom. The Bertz CT molecular complexity index is 4620. The Hall–Kier alpha value is -9.76. The van der Waals surface area contributed by atoms with E-state index in [1.54, 1.807) is 0 Å². The van der Waals surface area contributed by atoms with Crippen molar-refractivity contribution in [3.05, 3.63) is 267 Å². The van der Waals surface area contributed by atoms with E-state index in [9.17, 15) is 0 Å². The first-order valence-electron chi connectivity index (χ1n) is 25.5. The molecule has 15 aromatic rings. The molecule has 0 bridgehead atoms. The number of aromatic nitrogens is 2. The minimum Gasteiger partial charge on any atom is -0.248 e. The highest BCUT2D eigenvalue weighted by Gasteiger charge is 2.19. The van der Waals surface area contributed by atoms with E-state index in [1.807, 2.05) is 0 Å². The first-order valence-corrected chi connectivity index (χ1v) is 25.5. The quantitative estimate of drug-likeness (QED) is 0.155. The summed E-state index contributed by atoms with van der Waals surface area (Å²) in [6.07, 6.45) is 0. The van der Waals surface area contributed by atoms with Gasteiger partial charge in [-0.2, -0.15) is 0 Å². The van der Waals surface area contributed by atoms with E-state index in [0.29, 0.717) is 0 Å². The number of benzene rings is 13. The standard InChI is InChI=1S/C72H44N2/c1-3-17-45(18-4-1)51-41-69(46-19-5-2-6-20-46)73-70(42-51)47-31-33-48(34-32-47)71-44-65(50-36-38-62-57-26-10-8-22-53(57)55-24-12-14-28-59(55)67(62)40-50)68-43-64(60-29-15-16-30-63(60)72(68)74-71)49-35-37-61-56-25-9-7-21-52(56)54-23-11-13-27-58(54)66(61)39-49/h1-44H. The zero-order chi connectivity index (χ0) is 48.7. The van der Waals surface area contributed by atoms with E-state index in [-0.39, 0.29) is 0 Å². The van der Waals surface area contributed by atoms with E-state index in [2.05, 4.69) is 267 Å². The molecule has 0 atom stereocenters. The molecular weight excluding hydrogens is 893 g/mol. The maximum Gasteiger partial charge on any atom is 0.0794 e. The molecule has 0 unspecified atom stereocenters. The van der Waals surface area contributed by atoms with Gasteiger partial charge in [-0.15, -0.1) is 0 Å². The first kappa shape index (κ1) is 42.0. The molecule has 0 radical (unpaired) electrons. The average molecular weight is 937 g/mol. The summed E-state index contributed by atoms with van der Waals surface area (Å²) in [7, 11) is 0. The highest BCUT2D eigenvalue weighted by Crippen LogP contribution is 2.45. The lowest BCUT2D eigenvalue weighted by Gasteiger charge is -2.18. The van der Waals surface area contributed by atoms with Crippen molar-refractivity contribution in [1.29, 1.82) is 0 Å². The van der Waals surface area contributed by atoms with Crippen LogP contribution in [0.5, 0.6) is 0 Å². The Labute approximate surface area is 428 Å². The molecule has 2 aromatic heterocycles. The summed E-state index contributed by atoms with van der Waals surface area (Å²) in [5, 5.41) is 18.5. The van der Waals surface area contributed by atoms with Crippen molar-refractivity contribution in [3.63, 3.8) is 0 Å². The lowest BCUT2D eigenvalue weighted by molar-refractivity contribution is 1.32. The van der Waals surface area contributed by atoms with Crippen molar-refractivity contribution in [2.45, 2.75) is 0 Å². The lowest BCUT2D eigenvalue weighted by atomic mass is 9.88. The number of hydrogen-bond donors (Lipinski definition) is 0. The minimum absolute atomic E-state index is 0.917. The highest BCUT2D eigenvalue weighted by molar-refractivity contribution is 6.28. The third-order valence-electron chi connectivity index (χ3n) is 15.4. The van der Waals surface area contributed by atoms with Crippen molar-refractivity contribution < 1.29 is 0 Å². The zero-order valence-corrected chi connectivity index (χ0v) is 40.3. The lowest BCUT2D eigenvalue weighted by Crippen LogP contribution is -1.94. The van der Waals surface area contributed by atoms with Crippen LogP contribution in [0.3, 0.4) is 0 Å². The maximum absolute atomic E-state index is 5.67. The maximum atomic E-state index is 5.67. The molecule has 0 aliphatic heterocycles. The van der Waals surface area contributed by atoms with Crippen LogP contribution in [-0.2, 0) is 0 Å². The van der Waals surface area contributed by atoms with E-state index < -0.39 is 0 Å². The average Bonchev–Trinajstić information content (AvgIpc) is 3.51. The predicted molar refractivity (Wildman–Crippen MR) is 315 cm³/mol. The molecule has 0 amide bonds. The fourth-order valence-corrected chi connectivity index (χ4v) is 11.9. The topological polar surface area (TPSA) is 25.8 Å². The third kappa shape index (κ3) is 6.80. The van der Waals surface area contributed by atoms with Gasteiger partial charge in [0.15, 0.2) is 0 Å². The number of rotatable bonds is 6. The molecule has 0 aliphatic carbocycles. The van der Waals surface area contributed by atoms with Gasteiger partial charge < -0.3 is 0 Å². The molecule has 0 saturated carbocycles. The minimum atomic E-state index is 0.917. The molecule has 0 aliphatic rings. The molecular formula is C72H44N2. The number of fused-ring (bicyclic) bond motifs is 15. The first-order chi connectivity index (χ1) is 36.7. The molecule has 2 heteroatoms. The van der Waals surface area contributed by atoms with E-state index in [4.69, 9.17) is 9.97 Å². The van der Waals surface area contributed by atoms with Gasteiger partial charge in [-0.1, -0.05) is 231 Å². The Kier molecular flexibility index (Phi) is 9.61. The van der Waals surface area contributed by atoms with Crippen LogP contribution in [0.25, 0.3) is 153 Å². The van der Waals surface area contributed by atoms with Gasteiger partial charge in [0.05, 0.1) is 22.6 Å². The fourth-order valence-electron chi connectivity index (χ4n) is 11.9. The highest BCUT2D eigenvalue weighted by atomic mass is 14.7. The Morgan fingerprint density at radius 1 is 0.162 bits per heavy atom. The van der Waals surface area contributed by atoms with Crippen LogP contribution >= 0.6 is 0 Å². The second kappa shape index (κ2) is 16.9. The van der Waals surface area contributed by atoms with Crippen molar-refractivity contribution in [3.8, 4) is 67.2 Å². The summed E-state index contributed by atoms with van der Waals surface area (Å²) in [6.45, 7) is 0. The van der Waals surface area contributed by atoms with Crippen LogP contribution in [0.2, 0.25) is 0 Å². The molecule has 2 nitrogen and oxygen atoms in total. The molecule has 13 aromatic carbocycles. The predicted octanol–water partition coefficient (Wildman–Crippen LogP) is 19.7.